The number of anilines is 5. The molecule has 12 nitrogen and oxygen atoms in total. The van der Waals surface area contributed by atoms with Crippen LogP contribution in [0.4, 0.5) is 28.7 Å². The number of pyridine rings is 1. The Hall–Kier alpha value is -5.75. The molecule has 3 aromatic carbocycles. The van der Waals surface area contributed by atoms with Gasteiger partial charge in [-0.05, 0) is 85.3 Å². The van der Waals surface area contributed by atoms with Crippen molar-refractivity contribution < 1.29 is 14.3 Å². The summed E-state index contributed by atoms with van der Waals surface area (Å²) in [7, 11) is 0. The zero-order chi connectivity index (χ0) is 36.6. The SMILES string of the molecule is Cc1c(-c2ccc3cnc(Nc4ccc(N5CCC(N6CCN(c7ccc(C8CCC(=O)NC8=O)cc7)CC6)CC5)cc4)nc3c2)cnc2c1NCCO2. The molecule has 3 N–H and O–H groups in total. The number of piperidine rings is 2. The Bertz CT molecular complexity index is 2180. The molecule has 2 aromatic heterocycles. The van der Waals surface area contributed by atoms with Crippen molar-refractivity contribution >= 4 is 51.4 Å². The third-order valence-corrected chi connectivity index (χ3v) is 11.5. The van der Waals surface area contributed by atoms with E-state index in [1.54, 1.807) is 0 Å². The molecule has 0 bridgehead atoms. The fourth-order valence-electron chi connectivity index (χ4n) is 8.41. The summed E-state index contributed by atoms with van der Waals surface area (Å²) in [6, 6.07) is 23.8. The molecule has 2 amide bonds. The van der Waals surface area contributed by atoms with Crippen LogP contribution in [-0.4, -0.2) is 90.1 Å². The molecule has 6 heterocycles. The van der Waals surface area contributed by atoms with Gasteiger partial charge in [0.05, 0.1) is 11.4 Å². The molecule has 0 radical (unpaired) electrons. The third-order valence-electron chi connectivity index (χ3n) is 11.5. The summed E-state index contributed by atoms with van der Waals surface area (Å²) in [5, 5.41) is 10.3. The van der Waals surface area contributed by atoms with E-state index in [1.165, 1.54) is 11.4 Å². The van der Waals surface area contributed by atoms with Crippen molar-refractivity contribution in [1.82, 2.24) is 25.2 Å². The molecule has 12 heteroatoms. The van der Waals surface area contributed by atoms with E-state index >= 15 is 0 Å². The molecule has 276 valence electrons. The summed E-state index contributed by atoms with van der Waals surface area (Å²) >= 11 is 0. The number of hydrogen-bond acceptors (Lipinski definition) is 11. The highest BCUT2D eigenvalue weighted by Gasteiger charge is 2.30. The Kier molecular flexibility index (Phi) is 9.19. The van der Waals surface area contributed by atoms with Gasteiger partial charge in [0.2, 0.25) is 23.6 Å². The predicted octanol–water partition coefficient (Wildman–Crippen LogP) is 5.86. The van der Waals surface area contributed by atoms with Crippen molar-refractivity contribution in [3.8, 4) is 17.0 Å². The number of piperazine rings is 1. The van der Waals surface area contributed by atoms with Crippen LogP contribution in [0.3, 0.4) is 0 Å². The van der Waals surface area contributed by atoms with Crippen LogP contribution in [0.15, 0.2) is 79.1 Å². The van der Waals surface area contributed by atoms with E-state index in [4.69, 9.17) is 9.72 Å². The highest BCUT2D eigenvalue weighted by molar-refractivity contribution is 6.01. The Morgan fingerprint density at radius 2 is 1.56 bits per heavy atom. The van der Waals surface area contributed by atoms with E-state index in [-0.39, 0.29) is 17.7 Å². The average molecular weight is 724 g/mol. The fourth-order valence-corrected chi connectivity index (χ4v) is 8.41. The molecule has 0 aliphatic carbocycles. The summed E-state index contributed by atoms with van der Waals surface area (Å²) in [6.07, 6.45) is 7.03. The number of fused-ring (bicyclic) bond motifs is 2. The molecule has 3 fully saturated rings. The van der Waals surface area contributed by atoms with Crippen LogP contribution < -0.4 is 30.5 Å². The Balaban J connectivity index is 0.772. The number of carbonyl (C=O) groups is 2. The molecule has 54 heavy (non-hydrogen) atoms. The highest BCUT2D eigenvalue weighted by Crippen LogP contribution is 2.36. The van der Waals surface area contributed by atoms with Crippen molar-refractivity contribution in [3.05, 3.63) is 90.3 Å². The topological polar surface area (TPSA) is 128 Å². The highest BCUT2D eigenvalue weighted by atomic mass is 16.5. The minimum absolute atomic E-state index is 0.174. The van der Waals surface area contributed by atoms with Gasteiger partial charge in [-0.15, -0.1) is 0 Å². The molecular weight excluding hydrogens is 679 g/mol. The van der Waals surface area contributed by atoms with Crippen molar-refractivity contribution in [3.63, 3.8) is 0 Å². The number of hydrogen-bond donors (Lipinski definition) is 3. The molecule has 5 aromatic rings. The second-order valence-corrected chi connectivity index (χ2v) is 14.7. The van der Waals surface area contributed by atoms with Gasteiger partial charge in [0, 0.05) is 98.7 Å². The first-order valence-electron chi connectivity index (χ1n) is 19.1. The van der Waals surface area contributed by atoms with Gasteiger partial charge >= 0.3 is 0 Å². The number of rotatable bonds is 7. The lowest BCUT2D eigenvalue weighted by molar-refractivity contribution is -0.134. The first kappa shape index (κ1) is 34.0. The number of carbonyl (C=O) groups excluding carboxylic acids is 2. The zero-order valence-electron chi connectivity index (χ0n) is 30.6. The summed E-state index contributed by atoms with van der Waals surface area (Å²) in [6.45, 7) is 9.66. The van der Waals surface area contributed by atoms with E-state index < -0.39 is 0 Å². The van der Waals surface area contributed by atoms with Gasteiger partial charge in [-0.3, -0.25) is 19.8 Å². The van der Waals surface area contributed by atoms with Crippen LogP contribution >= 0.6 is 0 Å². The fraction of sp³-hybridized carbons (Fsp3) is 0.357. The Morgan fingerprint density at radius 3 is 2.31 bits per heavy atom. The zero-order valence-corrected chi connectivity index (χ0v) is 30.6. The Morgan fingerprint density at radius 1 is 0.815 bits per heavy atom. The van der Waals surface area contributed by atoms with Crippen molar-refractivity contribution in [2.24, 2.45) is 0 Å². The Labute approximate surface area is 314 Å². The third kappa shape index (κ3) is 6.89. The van der Waals surface area contributed by atoms with Gasteiger partial charge in [-0.1, -0.05) is 24.3 Å². The standard InChI is InChI=1S/C42H45N9O3/c1-27-36(26-44-41-39(27)43-16-23-54-41)29-2-3-30-25-45-42(47-37(30)24-29)46-31-6-10-33(11-7-31)49-17-14-34(15-18-49)51-21-19-50(20-22-51)32-8-4-28(5-9-32)35-12-13-38(52)48-40(35)53/h2-11,24-26,34-35,43H,12-23H2,1H3,(H,45,46,47)(H,48,52,53). The van der Waals surface area contributed by atoms with Gasteiger partial charge in [0.25, 0.3) is 0 Å². The molecule has 1 unspecified atom stereocenters. The molecular formula is C42H45N9O3. The second-order valence-electron chi connectivity index (χ2n) is 14.7. The number of imide groups is 1. The molecule has 0 saturated carbocycles. The molecule has 1 atom stereocenters. The molecule has 4 aliphatic rings. The number of nitrogens with one attached hydrogen (secondary N) is 3. The van der Waals surface area contributed by atoms with Crippen molar-refractivity contribution in [1.29, 1.82) is 0 Å². The smallest absolute Gasteiger partial charge is 0.237 e. The molecule has 0 spiro atoms. The maximum Gasteiger partial charge on any atom is 0.237 e. The van der Waals surface area contributed by atoms with Crippen LogP contribution in [0.1, 0.15) is 42.7 Å². The number of nitrogens with zero attached hydrogens (tertiary/aromatic N) is 6. The summed E-state index contributed by atoms with van der Waals surface area (Å²) in [4.78, 5) is 45.4. The van der Waals surface area contributed by atoms with Gasteiger partial charge < -0.3 is 25.2 Å². The van der Waals surface area contributed by atoms with Crippen LogP contribution in [0.5, 0.6) is 5.88 Å². The normalized spacial score (nSPS) is 19.5. The summed E-state index contributed by atoms with van der Waals surface area (Å²) in [5.41, 5.74) is 9.42. The lowest BCUT2D eigenvalue weighted by Crippen LogP contribution is -2.53. The van der Waals surface area contributed by atoms with E-state index in [2.05, 4.69) is 114 Å². The van der Waals surface area contributed by atoms with E-state index in [1.807, 2.05) is 12.4 Å². The molecule has 3 saturated heterocycles. The number of benzene rings is 3. The lowest BCUT2D eigenvalue weighted by atomic mass is 9.90. The van der Waals surface area contributed by atoms with Gasteiger partial charge in [0.15, 0.2) is 0 Å². The van der Waals surface area contributed by atoms with E-state index in [0.29, 0.717) is 37.3 Å². The largest absolute Gasteiger partial charge is 0.474 e. The van der Waals surface area contributed by atoms with Crippen LogP contribution in [0.2, 0.25) is 0 Å². The number of amides is 2. The van der Waals surface area contributed by atoms with E-state index in [0.717, 1.165) is 103 Å². The van der Waals surface area contributed by atoms with Crippen molar-refractivity contribution in [2.75, 3.05) is 72.9 Å². The first-order valence-corrected chi connectivity index (χ1v) is 19.1. The molecule has 4 aliphatic heterocycles. The number of aromatic nitrogens is 3. The summed E-state index contributed by atoms with van der Waals surface area (Å²) in [5.74, 6) is 0.630. The van der Waals surface area contributed by atoms with E-state index in [9.17, 15) is 9.59 Å². The monoisotopic (exact) mass is 723 g/mol. The van der Waals surface area contributed by atoms with Gasteiger partial charge in [0.1, 0.15) is 12.3 Å². The minimum Gasteiger partial charge on any atom is -0.474 e. The molecule has 9 rings (SSSR count). The number of ether oxygens (including phenoxy) is 1. The maximum absolute atomic E-state index is 12.3. The van der Waals surface area contributed by atoms with Gasteiger partial charge in [-0.2, -0.15) is 0 Å². The second kappa shape index (κ2) is 14.6. The first-order chi connectivity index (χ1) is 26.4. The van der Waals surface area contributed by atoms with Crippen molar-refractivity contribution in [2.45, 2.75) is 44.6 Å². The van der Waals surface area contributed by atoms with Crippen LogP contribution in [0, 0.1) is 6.92 Å². The maximum atomic E-state index is 12.3. The predicted molar refractivity (Wildman–Crippen MR) is 212 cm³/mol. The summed E-state index contributed by atoms with van der Waals surface area (Å²) < 4.78 is 5.72. The minimum atomic E-state index is -0.238. The van der Waals surface area contributed by atoms with Crippen LogP contribution in [-0.2, 0) is 9.59 Å². The van der Waals surface area contributed by atoms with Gasteiger partial charge in [-0.25, -0.2) is 15.0 Å². The quantitative estimate of drug-likeness (QED) is 0.175. The average Bonchev–Trinajstić information content (AvgIpc) is 3.21. The lowest BCUT2D eigenvalue weighted by Gasteiger charge is -2.44. The van der Waals surface area contributed by atoms with Crippen LogP contribution in [0.25, 0.3) is 22.0 Å².